The summed E-state index contributed by atoms with van der Waals surface area (Å²) in [6.45, 7) is 5.48. The topological polar surface area (TPSA) is 111 Å². The third-order valence-corrected chi connectivity index (χ3v) is 4.68. The summed E-state index contributed by atoms with van der Waals surface area (Å²) in [5, 5.41) is 7.20. The second-order valence-electron chi connectivity index (χ2n) is 6.80. The fourth-order valence-corrected chi connectivity index (χ4v) is 3.23. The number of aromatic nitrogens is 4. The number of rotatable bonds is 7. The summed E-state index contributed by atoms with van der Waals surface area (Å²) < 4.78 is 11.9. The van der Waals surface area contributed by atoms with Gasteiger partial charge < -0.3 is 14.8 Å². The van der Waals surface area contributed by atoms with Crippen molar-refractivity contribution in [1.82, 2.24) is 19.7 Å². The molecule has 1 amide bonds. The Balaban J connectivity index is 1.85. The molecule has 3 aromatic rings. The molecule has 3 rings (SSSR count). The maximum absolute atomic E-state index is 12.6. The number of ether oxygens (including phenoxy) is 2. The van der Waals surface area contributed by atoms with Crippen LogP contribution in [0.3, 0.4) is 0 Å². The van der Waals surface area contributed by atoms with Gasteiger partial charge in [0.25, 0.3) is 5.56 Å². The Bertz CT molecular complexity index is 1130. The Kier molecular flexibility index (Phi) is 6.20. The summed E-state index contributed by atoms with van der Waals surface area (Å²) in [5.41, 5.74) is 2.49. The number of anilines is 1. The van der Waals surface area contributed by atoms with Crippen LogP contribution in [0.25, 0.3) is 5.95 Å². The van der Waals surface area contributed by atoms with Crippen molar-refractivity contribution < 1.29 is 14.3 Å². The fraction of sp³-hybridized carbons (Fsp3) is 0.333. The van der Waals surface area contributed by atoms with Gasteiger partial charge in [0.15, 0.2) is 11.5 Å². The zero-order chi connectivity index (χ0) is 21.8. The number of hydrogen-bond acceptors (Lipinski definition) is 6. The predicted molar refractivity (Wildman–Crippen MR) is 113 cm³/mol. The Morgan fingerprint density at radius 3 is 2.53 bits per heavy atom. The number of carbonyl (C=O) groups excluding carboxylic acids is 1. The SMILES string of the molecule is CCc1c(C)nc(-n2nc(C)cc2NC(=O)Cc2ccc(OC)c(OC)c2)[nH]c1=O. The zero-order valence-electron chi connectivity index (χ0n) is 17.7. The minimum Gasteiger partial charge on any atom is -0.493 e. The number of aromatic amines is 1. The van der Waals surface area contributed by atoms with Crippen LogP contribution in [-0.4, -0.2) is 39.9 Å². The van der Waals surface area contributed by atoms with E-state index in [-0.39, 0.29) is 23.8 Å². The lowest BCUT2D eigenvalue weighted by molar-refractivity contribution is -0.115. The maximum atomic E-state index is 12.6. The van der Waals surface area contributed by atoms with Gasteiger partial charge in [0.2, 0.25) is 11.9 Å². The van der Waals surface area contributed by atoms with Crippen LogP contribution in [0.4, 0.5) is 5.82 Å². The highest BCUT2D eigenvalue weighted by Crippen LogP contribution is 2.27. The van der Waals surface area contributed by atoms with E-state index in [9.17, 15) is 9.59 Å². The molecule has 0 saturated heterocycles. The van der Waals surface area contributed by atoms with Crippen LogP contribution in [0, 0.1) is 13.8 Å². The molecule has 9 nitrogen and oxygen atoms in total. The predicted octanol–water partition coefficient (Wildman–Crippen LogP) is 2.33. The molecule has 1 aromatic carbocycles. The number of methoxy groups -OCH3 is 2. The first-order chi connectivity index (χ1) is 14.4. The number of benzene rings is 1. The first-order valence-electron chi connectivity index (χ1n) is 9.53. The highest BCUT2D eigenvalue weighted by molar-refractivity contribution is 5.91. The molecule has 0 spiro atoms. The van der Waals surface area contributed by atoms with Crippen molar-refractivity contribution in [2.75, 3.05) is 19.5 Å². The molecule has 0 atom stereocenters. The van der Waals surface area contributed by atoms with Crippen molar-refractivity contribution in [3.05, 3.63) is 57.1 Å². The molecule has 0 unspecified atom stereocenters. The van der Waals surface area contributed by atoms with Gasteiger partial charge in [-0.1, -0.05) is 13.0 Å². The summed E-state index contributed by atoms with van der Waals surface area (Å²) in [7, 11) is 3.10. The highest BCUT2D eigenvalue weighted by Gasteiger charge is 2.16. The van der Waals surface area contributed by atoms with Gasteiger partial charge in [0.1, 0.15) is 5.82 Å². The lowest BCUT2D eigenvalue weighted by Gasteiger charge is -2.11. The average Bonchev–Trinajstić information content (AvgIpc) is 3.07. The first kappa shape index (κ1) is 21.1. The molecule has 0 bridgehead atoms. The Labute approximate surface area is 174 Å². The molecule has 0 saturated carbocycles. The van der Waals surface area contributed by atoms with E-state index in [4.69, 9.17) is 9.47 Å². The molecule has 0 aliphatic heterocycles. The number of H-pyrrole nitrogens is 1. The summed E-state index contributed by atoms with van der Waals surface area (Å²) >= 11 is 0. The van der Waals surface area contributed by atoms with E-state index in [2.05, 4.69) is 20.4 Å². The van der Waals surface area contributed by atoms with Crippen molar-refractivity contribution in [1.29, 1.82) is 0 Å². The second kappa shape index (κ2) is 8.81. The third kappa shape index (κ3) is 4.35. The first-order valence-corrected chi connectivity index (χ1v) is 9.53. The molecular formula is C21H25N5O4. The molecule has 2 N–H and O–H groups in total. The van der Waals surface area contributed by atoms with Gasteiger partial charge >= 0.3 is 0 Å². The van der Waals surface area contributed by atoms with Crippen molar-refractivity contribution in [3.8, 4) is 17.4 Å². The number of carbonyl (C=O) groups is 1. The van der Waals surface area contributed by atoms with Crippen LogP contribution in [0.15, 0.2) is 29.1 Å². The van der Waals surface area contributed by atoms with Gasteiger partial charge in [-0.25, -0.2) is 4.98 Å². The molecule has 9 heteroatoms. The Morgan fingerprint density at radius 2 is 1.90 bits per heavy atom. The maximum Gasteiger partial charge on any atom is 0.255 e. The molecule has 2 heterocycles. The smallest absolute Gasteiger partial charge is 0.255 e. The number of amides is 1. The minimum absolute atomic E-state index is 0.127. The molecule has 0 aliphatic rings. The fourth-order valence-electron chi connectivity index (χ4n) is 3.23. The Morgan fingerprint density at radius 1 is 1.17 bits per heavy atom. The zero-order valence-corrected chi connectivity index (χ0v) is 17.7. The van der Waals surface area contributed by atoms with Gasteiger partial charge in [0.05, 0.1) is 26.3 Å². The monoisotopic (exact) mass is 411 g/mol. The standard InChI is InChI=1S/C21H25N5O4/c1-6-15-13(3)22-21(24-20(15)28)26-18(9-12(2)25-26)23-19(27)11-14-7-8-16(29-4)17(10-14)30-5/h7-10H,6,11H2,1-5H3,(H,23,27)(H,22,24,28). The van der Waals surface area contributed by atoms with Gasteiger partial charge in [-0.05, 0) is 38.0 Å². The van der Waals surface area contributed by atoms with E-state index in [1.165, 1.54) is 4.68 Å². The van der Waals surface area contributed by atoms with E-state index in [0.29, 0.717) is 40.7 Å². The largest absolute Gasteiger partial charge is 0.493 e. The second-order valence-corrected chi connectivity index (χ2v) is 6.80. The summed E-state index contributed by atoms with van der Waals surface area (Å²) in [5.74, 6) is 1.58. The number of aryl methyl sites for hydroxylation is 2. The van der Waals surface area contributed by atoms with E-state index in [1.54, 1.807) is 52.3 Å². The third-order valence-electron chi connectivity index (χ3n) is 4.68. The van der Waals surface area contributed by atoms with Gasteiger partial charge in [-0.2, -0.15) is 9.78 Å². The normalized spacial score (nSPS) is 10.7. The number of hydrogen-bond donors (Lipinski definition) is 2. The average molecular weight is 411 g/mol. The minimum atomic E-state index is -0.243. The van der Waals surface area contributed by atoms with Crippen molar-refractivity contribution in [3.63, 3.8) is 0 Å². The molecule has 158 valence electrons. The number of nitrogens with one attached hydrogen (secondary N) is 2. The van der Waals surface area contributed by atoms with Crippen LogP contribution in [0.2, 0.25) is 0 Å². The van der Waals surface area contributed by atoms with Crippen LogP contribution < -0.4 is 20.3 Å². The van der Waals surface area contributed by atoms with E-state index < -0.39 is 0 Å². The van der Waals surface area contributed by atoms with E-state index in [1.807, 2.05) is 6.92 Å². The molecule has 0 aliphatic carbocycles. The van der Waals surface area contributed by atoms with Gasteiger partial charge in [-0.15, -0.1) is 0 Å². The lowest BCUT2D eigenvalue weighted by atomic mass is 10.1. The molecule has 0 fully saturated rings. The van der Waals surface area contributed by atoms with Crippen molar-refractivity contribution >= 4 is 11.7 Å². The van der Waals surface area contributed by atoms with Gasteiger partial charge in [0, 0.05) is 17.3 Å². The van der Waals surface area contributed by atoms with Gasteiger partial charge in [-0.3, -0.25) is 14.6 Å². The number of nitrogens with zero attached hydrogens (tertiary/aromatic N) is 3. The summed E-state index contributed by atoms with van der Waals surface area (Å²) in [6, 6.07) is 7.03. The molecular weight excluding hydrogens is 386 g/mol. The Hall–Kier alpha value is -3.62. The van der Waals surface area contributed by atoms with Crippen LogP contribution in [0.5, 0.6) is 11.5 Å². The summed E-state index contributed by atoms with van der Waals surface area (Å²) in [6.07, 6.45) is 0.712. The van der Waals surface area contributed by atoms with Crippen LogP contribution in [0.1, 0.15) is 29.4 Å². The highest BCUT2D eigenvalue weighted by atomic mass is 16.5. The van der Waals surface area contributed by atoms with E-state index >= 15 is 0 Å². The van der Waals surface area contributed by atoms with Crippen molar-refractivity contribution in [2.45, 2.75) is 33.6 Å². The van der Waals surface area contributed by atoms with E-state index in [0.717, 1.165) is 5.56 Å². The molecule has 2 aromatic heterocycles. The van der Waals surface area contributed by atoms with Crippen LogP contribution in [-0.2, 0) is 17.6 Å². The van der Waals surface area contributed by atoms with Crippen molar-refractivity contribution in [2.24, 2.45) is 0 Å². The molecule has 30 heavy (non-hydrogen) atoms. The molecule has 0 radical (unpaired) electrons. The van der Waals surface area contributed by atoms with Crippen LogP contribution >= 0.6 is 0 Å². The summed E-state index contributed by atoms with van der Waals surface area (Å²) in [4.78, 5) is 32.1. The quantitative estimate of drug-likeness (QED) is 0.617. The lowest BCUT2D eigenvalue weighted by Crippen LogP contribution is -2.22.